The van der Waals surface area contributed by atoms with Crippen molar-refractivity contribution < 1.29 is 4.39 Å². The maximum absolute atomic E-state index is 13.3. The van der Waals surface area contributed by atoms with Crippen LogP contribution in [0.1, 0.15) is 39.2 Å². The minimum atomic E-state index is -0.121. The van der Waals surface area contributed by atoms with Gasteiger partial charge in [-0.2, -0.15) is 0 Å². The van der Waals surface area contributed by atoms with Crippen LogP contribution in [-0.4, -0.2) is 23.5 Å². The lowest BCUT2D eigenvalue weighted by Gasteiger charge is -2.31. The van der Waals surface area contributed by atoms with Crippen LogP contribution in [0.5, 0.6) is 0 Å². The molecule has 1 aromatic rings. The van der Waals surface area contributed by atoms with E-state index in [1.807, 2.05) is 6.07 Å². The summed E-state index contributed by atoms with van der Waals surface area (Å²) >= 11 is 0. The highest BCUT2D eigenvalue weighted by molar-refractivity contribution is 5.23. The molecule has 1 aliphatic heterocycles. The largest absolute Gasteiger partial charge is 0.298 e. The Bertz CT molecular complexity index is 394. The van der Waals surface area contributed by atoms with Crippen molar-refractivity contribution in [1.82, 2.24) is 4.90 Å². The van der Waals surface area contributed by atoms with Crippen molar-refractivity contribution in [2.75, 3.05) is 13.1 Å². The van der Waals surface area contributed by atoms with Crippen LogP contribution in [0, 0.1) is 11.7 Å². The molecule has 17 heavy (non-hydrogen) atoms. The predicted molar refractivity (Wildman–Crippen MR) is 69.6 cm³/mol. The van der Waals surface area contributed by atoms with E-state index in [0.717, 1.165) is 18.7 Å². The Labute approximate surface area is 104 Å². The van der Waals surface area contributed by atoms with E-state index in [-0.39, 0.29) is 11.4 Å². The fourth-order valence-corrected chi connectivity index (χ4v) is 2.69. The Morgan fingerprint density at radius 1 is 1.24 bits per heavy atom. The van der Waals surface area contributed by atoms with E-state index < -0.39 is 0 Å². The van der Waals surface area contributed by atoms with Gasteiger partial charge in [0.05, 0.1) is 0 Å². The molecule has 2 heteroatoms. The lowest BCUT2D eigenvalue weighted by molar-refractivity contribution is 0.168. The quantitative estimate of drug-likeness (QED) is 0.718. The zero-order valence-electron chi connectivity index (χ0n) is 11.2. The Morgan fingerprint density at radius 3 is 2.47 bits per heavy atom. The lowest BCUT2D eigenvalue weighted by Crippen LogP contribution is -2.39. The summed E-state index contributed by atoms with van der Waals surface area (Å²) in [6.45, 7) is 11.1. The fraction of sp³-hybridized carbons (Fsp3) is 0.600. The van der Waals surface area contributed by atoms with Crippen LogP contribution in [0.25, 0.3) is 0 Å². The van der Waals surface area contributed by atoms with Gasteiger partial charge in [-0.05, 0) is 44.4 Å². The summed E-state index contributed by atoms with van der Waals surface area (Å²) in [6, 6.07) is 7.07. The first kappa shape index (κ1) is 12.6. The van der Waals surface area contributed by atoms with Crippen LogP contribution in [-0.2, 0) is 0 Å². The molecule has 0 bridgehead atoms. The molecule has 0 aromatic heterocycles. The summed E-state index contributed by atoms with van der Waals surface area (Å²) in [5, 5.41) is 0. The summed E-state index contributed by atoms with van der Waals surface area (Å²) in [4.78, 5) is 2.49. The SMILES string of the molecule is C[C@@H]1CN(C(C)(C)C)C[C@H]1c1cccc(F)c1. The average molecular weight is 235 g/mol. The third-order valence-corrected chi connectivity index (χ3v) is 3.84. The Morgan fingerprint density at radius 2 is 1.94 bits per heavy atom. The second-order valence-corrected chi connectivity index (χ2v) is 6.21. The molecule has 0 spiro atoms. The number of hydrogen-bond acceptors (Lipinski definition) is 1. The topological polar surface area (TPSA) is 3.24 Å². The van der Waals surface area contributed by atoms with Crippen molar-refractivity contribution >= 4 is 0 Å². The summed E-state index contributed by atoms with van der Waals surface area (Å²) in [6.07, 6.45) is 0. The molecule has 0 unspecified atom stereocenters. The number of hydrogen-bond donors (Lipinski definition) is 0. The summed E-state index contributed by atoms with van der Waals surface area (Å²) in [5.41, 5.74) is 1.35. The van der Waals surface area contributed by atoms with Crippen molar-refractivity contribution in [2.45, 2.75) is 39.2 Å². The van der Waals surface area contributed by atoms with Crippen LogP contribution >= 0.6 is 0 Å². The van der Waals surface area contributed by atoms with Crippen LogP contribution in [0.4, 0.5) is 4.39 Å². The maximum Gasteiger partial charge on any atom is 0.123 e. The standard InChI is InChI=1S/C15H22FN/c1-11-9-17(15(2,3)4)10-14(11)12-6-5-7-13(16)8-12/h5-8,11,14H,9-10H2,1-4H3/t11-,14-/m1/s1. The van der Waals surface area contributed by atoms with Gasteiger partial charge in [0.25, 0.3) is 0 Å². The van der Waals surface area contributed by atoms with E-state index >= 15 is 0 Å². The molecule has 0 radical (unpaired) electrons. The average Bonchev–Trinajstić information content (AvgIpc) is 2.60. The van der Waals surface area contributed by atoms with Gasteiger partial charge in [0, 0.05) is 24.5 Å². The van der Waals surface area contributed by atoms with E-state index in [1.54, 1.807) is 6.07 Å². The number of benzene rings is 1. The van der Waals surface area contributed by atoms with Gasteiger partial charge in [-0.15, -0.1) is 0 Å². The van der Waals surface area contributed by atoms with Gasteiger partial charge >= 0.3 is 0 Å². The first-order valence-corrected chi connectivity index (χ1v) is 6.38. The Balaban J connectivity index is 2.19. The van der Waals surface area contributed by atoms with Gasteiger partial charge in [-0.3, -0.25) is 4.90 Å². The molecule has 0 amide bonds. The van der Waals surface area contributed by atoms with Crippen LogP contribution in [0.15, 0.2) is 24.3 Å². The van der Waals surface area contributed by atoms with Gasteiger partial charge in [0.15, 0.2) is 0 Å². The van der Waals surface area contributed by atoms with E-state index in [1.165, 1.54) is 6.07 Å². The van der Waals surface area contributed by atoms with E-state index in [2.05, 4.69) is 38.7 Å². The van der Waals surface area contributed by atoms with Crippen molar-refractivity contribution in [3.05, 3.63) is 35.6 Å². The van der Waals surface area contributed by atoms with Crippen molar-refractivity contribution in [3.8, 4) is 0 Å². The highest BCUT2D eigenvalue weighted by atomic mass is 19.1. The third-order valence-electron chi connectivity index (χ3n) is 3.84. The number of halogens is 1. The minimum absolute atomic E-state index is 0.121. The molecule has 1 aromatic carbocycles. The zero-order valence-corrected chi connectivity index (χ0v) is 11.2. The number of rotatable bonds is 1. The molecule has 2 rings (SSSR count). The van der Waals surface area contributed by atoms with E-state index in [0.29, 0.717) is 11.8 Å². The number of likely N-dealkylation sites (tertiary alicyclic amines) is 1. The molecule has 1 heterocycles. The molecule has 1 nitrogen and oxygen atoms in total. The van der Waals surface area contributed by atoms with Crippen molar-refractivity contribution in [3.63, 3.8) is 0 Å². The molecular weight excluding hydrogens is 213 g/mol. The fourth-order valence-electron chi connectivity index (χ4n) is 2.69. The van der Waals surface area contributed by atoms with E-state index in [9.17, 15) is 4.39 Å². The third kappa shape index (κ3) is 2.68. The monoisotopic (exact) mass is 235 g/mol. The second kappa shape index (κ2) is 4.41. The second-order valence-electron chi connectivity index (χ2n) is 6.21. The van der Waals surface area contributed by atoms with Crippen LogP contribution < -0.4 is 0 Å². The molecular formula is C15H22FN. The minimum Gasteiger partial charge on any atom is -0.298 e. The molecule has 1 saturated heterocycles. The van der Waals surface area contributed by atoms with Crippen LogP contribution in [0.3, 0.4) is 0 Å². The normalized spacial score (nSPS) is 26.4. The summed E-state index contributed by atoms with van der Waals surface area (Å²) in [5.74, 6) is 0.935. The predicted octanol–water partition coefficient (Wildman–Crippen LogP) is 3.66. The van der Waals surface area contributed by atoms with Gasteiger partial charge in [-0.25, -0.2) is 4.39 Å². The van der Waals surface area contributed by atoms with Crippen LogP contribution in [0.2, 0.25) is 0 Å². The van der Waals surface area contributed by atoms with E-state index in [4.69, 9.17) is 0 Å². The van der Waals surface area contributed by atoms with Gasteiger partial charge in [-0.1, -0.05) is 19.1 Å². The molecule has 0 saturated carbocycles. The Kier molecular flexibility index (Phi) is 3.26. The molecule has 1 fully saturated rings. The summed E-state index contributed by atoms with van der Waals surface area (Å²) in [7, 11) is 0. The molecule has 0 aliphatic carbocycles. The maximum atomic E-state index is 13.3. The first-order valence-electron chi connectivity index (χ1n) is 6.38. The van der Waals surface area contributed by atoms with Crippen molar-refractivity contribution in [2.24, 2.45) is 5.92 Å². The van der Waals surface area contributed by atoms with Gasteiger partial charge in [0.2, 0.25) is 0 Å². The molecule has 0 N–H and O–H groups in total. The van der Waals surface area contributed by atoms with Gasteiger partial charge < -0.3 is 0 Å². The first-order chi connectivity index (χ1) is 7.88. The summed E-state index contributed by atoms with van der Waals surface area (Å²) < 4.78 is 13.3. The highest BCUT2D eigenvalue weighted by Crippen LogP contribution is 2.35. The number of nitrogens with zero attached hydrogens (tertiary/aromatic N) is 1. The van der Waals surface area contributed by atoms with Crippen molar-refractivity contribution in [1.29, 1.82) is 0 Å². The highest BCUT2D eigenvalue weighted by Gasteiger charge is 2.35. The van der Waals surface area contributed by atoms with Gasteiger partial charge in [0.1, 0.15) is 5.82 Å². The lowest BCUT2D eigenvalue weighted by atomic mass is 9.90. The molecule has 2 atom stereocenters. The zero-order chi connectivity index (χ0) is 12.6. The smallest absolute Gasteiger partial charge is 0.123 e. The molecule has 94 valence electrons. The molecule has 1 aliphatic rings. The Hall–Kier alpha value is -0.890.